The molecule has 1 saturated heterocycles. The molecule has 0 aliphatic carbocycles. The van der Waals surface area contributed by atoms with Crippen LogP contribution in [0.3, 0.4) is 0 Å². The van der Waals surface area contributed by atoms with E-state index in [2.05, 4.69) is 34.2 Å². The number of aromatic nitrogens is 1. The number of hydrogen-bond acceptors (Lipinski definition) is 8. The summed E-state index contributed by atoms with van der Waals surface area (Å²) in [6.45, 7) is 7.89. The van der Waals surface area contributed by atoms with Crippen molar-refractivity contribution in [2.24, 2.45) is 16.5 Å². The lowest BCUT2D eigenvalue weighted by Gasteiger charge is -2.31. The molecule has 138 valence electrons. The van der Waals surface area contributed by atoms with Gasteiger partial charge in [0.05, 0.1) is 12.1 Å². The summed E-state index contributed by atoms with van der Waals surface area (Å²) in [5, 5.41) is 7.17. The molecular weight excluding hydrogens is 320 g/mol. The number of hydrogen-bond donors (Lipinski definition) is 3. The maximum Gasteiger partial charge on any atom is 0.194 e. The summed E-state index contributed by atoms with van der Waals surface area (Å²) in [5.74, 6) is 0.728. The fraction of sp³-hybridized carbons (Fsp3) is 0.647. The van der Waals surface area contributed by atoms with Gasteiger partial charge in [0, 0.05) is 18.7 Å². The quantitative estimate of drug-likeness (QED) is 0.669. The maximum atomic E-state index is 6.35. The van der Waals surface area contributed by atoms with Crippen molar-refractivity contribution >= 4 is 5.84 Å². The van der Waals surface area contributed by atoms with E-state index < -0.39 is 5.79 Å². The molecule has 5 N–H and O–H groups in total. The molecule has 0 radical (unpaired) electrons. The Labute approximate surface area is 148 Å². The predicted molar refractivity (Wildman–Crippen MR) is 95.7 cm³/mol. The summed E-state index contributed by atoms with van der Waals surface area (Å²) in [6, 6.07) is 1.90. The molecule has 2 aliphatic rings. The van der Waals surface area contributed by atoms with Gasteiger partial charge in [0.15, 0.2) is 11.7 Å². The lowest BCUT2D eigenvalue weighted by atomic mass is 10.1. The fourth-order valence-corrected chi connectivity index (χ4v) is 3.08. The van der Waals surface area contributed by atoms with Gasteiger partial charge in [-0.3, -0.25) is 10.6 Å². The smallest absolute Gasteiger partial charge is 0.194 e. The van der Waals surface area contributed by atoms with Gasteiger partial charge >= 0.3 is 0 Å². The molecule has 0 aromatic carbocycles. The molecule has 1 atom stereocenters. The highest BCUT2D eigenvalue weighted by atomic mass is 16.5. The first-order valence-electron chi connectivity index (χ1n) is 8.88. The molecule has 0 bridgehead atoms. The molecule has 3 rings (SSSR count). The second-order valence-electron chi connectivity index (χ2n) is 7.04. The fourth-order valence-electron chi connectivity index (χ4n) is 3.08. The Hall–Kier alpha value is -2.06. The summed E-state index contributed by atoms with van der Waals surface area (Å²) in [7, 11) is 0. The highest BCUT2D eigenvalue weighted by molar-refractivity contribution is 5.92. The molecule has 3 heterocycles. The number of amidine groups is 1. The summed E-state index contributed by atoms with van der Waals surface area (Å²) in [6.07, 6.45) is 4.53. The molecule has 25 heavy (non-hydrogen) atoms. The Morgan fingerprint density at radius 2 is 2.16 bits per heavy atom. The zero-order valence-corrected chi connectivity index (χ0v) is 15.0. The third-order valence-corrected chi connectivity index (χ3v) is 4.42. The summed E-state index contributed by atoms with van der Waals surface area (Å²) < 4.78 is 11.2. The predicted octanol–water partition coefficient (Wildman–Crippen LogP) is 0.867. The molecule has 8 nitrogen and oxygen atoms in total. The van der Waals surface area contributed by atoms with E-state index in [0.717, 1.165) is 25.3 Å². The summed E-state index contributed by atoms with van der Waals surface area (Å²) in [4.78, 5) is 6.69. The average Bonchev–Trinajstić information content (AvgIpc) is 3.17. The topological polar surface area (TPSA) is 115 Å². The lowest BCUT2D eigenvalue weighted by Crippen LogP contribution is -2.56. The van der Waals surface area contributed by atoms with Crippen LogP contribution in [0.15, 0.2) is 27.5 Å². The van der Waals surface area contributed by atoms with Crippen LogP contribution in [0.4, 0.5) is 0 Å². The Balaban J connectivity index is 1.57. The van der Waals surface area contributed by atoms with E-state index in [9.17, 15) is 0 Å². The maximum absolute atomic E-state index is 6.35. The average molecular weight is 348 g/mol. The minimum atomic E-state index is -1.10. The van der Waals surface area contributed by atoms with Crippen LogP contribution in [-0.4, -0.2) is 47.9 Å². The van der Waals surface area contributed by atoms with Gasteiger partial charge in [-0.15, -0.1) is 0 Å². The van der Waals surface area contributed by atoms with Crippen molar-refractivity contribution in [1.29, 1.82) is 0 Å². The van der Waals surface area contributed by atoms with Gasteiger partial charge in [-0.05, 0) is 31.8 Å². The number of aliphatic imine (C=N–C) groups is 1. The summed E-state index contributed by atoms with van der Waals surface area (Å²) >= 11 is 0. The first kappa shape index (κ1) is 17.8. The van der Waals surface area contributed by atoms with E-state index in [1.807, 2.05) is 6.07 Å². The zero-order chi connectivity index (χ0) is 17.9. The van der Waals surface area contributed by atoms with Gasteiger partial charge in [0.1, 0.15) is 18.2 Å². The van der Waals surface area contributed by atoms with Crippen molar-refractivity contribution in [2.75, 3.05) is 26.2 Å². The van der Waals surface area contributed by atoms with E-state index in [-0.39, 0.29) is 0 Å². The molecular formula is C17H28N6O2. The Morgan fingerprint density at radius 3 is 2.84 bits per heavy atom. The van der Waals surface area contributed by atoms with Crippen LogP contribution in [-0.2, 0) is 11.2 Å². The van der Waals surface area contributed by atoms with Crippen LogP contribution in [0.25, 0.3) is 0 Å². The van der Waals surface area contributed by atoms with E-state index in [1.165, 1.54) is 12.8 Å². The number of nitrogens with zero attached hydrogens (tertiary/aromatic N) is 3. The highest BCUT2D eigenvalue weighted by Gasteiger charge is 2.31. The second-order valence-corrected chi connectivity index (χ2v) is 7.04. The lowest BCUT2D eigenvalue weighted by molar-refractivity contribution is 0.136. The van der Waals surface area contributed by atoms with Crippen molar-refractivity contribution in [3.63, 3.8) is 0 Å². The van der Waals surface area contributed by atoms with Crippen LogP contribution < -0.4 is 16.8 Å². The standard InChI is InChI=1S/C17H28N6O2/c1-12(2)14-9-13(25-22-14)11-17(19)20-15(18)10-16(21-17)24-8-7-23-5-3-4-6-23/h9-10,12,21H,3-8,11,19H2,1-2H3,(H2,18,20). The van der Waals surface area contributed by atoms with Crippen LogP contribution in [0.2, 0.25) is 0 Å². The van der Waals surface area contributed by atoms with E-state index in [4.69, 9.17) is 20.7 Å². The molecule has 1 fully saturated rings. The van der Waals surface area contributed by atoms with Crippen LogP contribution in [0, 0.1) is 0 Å². The van der Waals surface area contributed by atoms with Crippen LogP contribution in [0.5, 0.6) is 0 Å². The molecule has 1 aromatic rings. The Morgan fingerprint density at radius 1 is 1.40 bits per heavy atom. The van der Waals surface area contributed by atoms with Gasteiger partial charge in [0.2, 0.25) is 0 Å². The van der Waals surface area contributed by atoms with Gasteiger partial charge < -0.3 is 20.3 Å². The van der Waals surface area contributed by atoms with Crippen molar-refractivity contribution in [3.05, 3.63) is 29.5 Å². The Bertz CT molecular complexity index is 647. The van der Waals surface area contributed by atoms with Crippen molar-refractivity contribution in [2.45, 2.75) is 44.8 Å². The second kappa shape index (κ2) is 7.45. The SMILES string of the molecule is CC(C)c1cc(CC2(N)N=C(N)C=C(OCCN3CCCC3)N2)on1. The van der Waals surface area contributed by atoms with Crippen LogP contribution in [0.1, 0.15) is 44.1 Å². The van der Waals surface area contributed by atoms with Crippen molar-refractivity contribution in [1.82, 2.24) is 15.4 Å². The molecule has 1 aromatic heterocycles. The molecule has 0 saturated carbocycles. The highest BCUT2D eigenvalue weighted by Crippen LogP contribution is 2.20. The number of nitrogens with two attached hydrogens (primary N) is 2. The van der Waals surface area contributed by atoms with Gasteiger partial charge in [-0.25, -0.2) is 4.99 Å². The third kappa shape index (κ3) is 4.73. The molecule has 8 heteroatoms. The number of rotatable bonds is 7. The number of nitrogens with one attached hydrogen (secondary N) is 1. The summed E-state index contributed by atoms with van der Waals surface area (Å²) in [5.41, 5.74) is 13.2. The minimum Gasteiger partial charge on any atom is -0.478 e. The minimum absolute atomic E-state index is 0.295. The normalized spacial score (nSPS) is 24.2. The Kier molecular flexibility index (Phi) is 5.29. The molecule has 0 spiro atoms. The van der Waals surface area contributed by atoms with E-state index in [0.29, 0.717) is 36.4 Å². The van der Waals surface area contributed by atoms with Gasteiger partial charge in [-0.1, -0.05) is 19.0 Å². The zero-order valence-electron chi connectivity index (χ0n) is 15.0. The largest absolute Gasteiger partial charge is 0.478 e. The molecule has 0 amide bonds. The van der Waals surface area contributed by atoms with E-state index in [1.54, 1.807) is 6.08 Å². The van der Waals surface area contributed by atoms with Crippen molar-refractivity contribution < 1.29 is 9.26 Å². The van der Waals surface area contributed by atoms with Crippen LogP contribution >= 0.6 is 0 Å². The molecule has 1 unspecified atom stereocenters. The monoisotopic (exact) mass is 348 g/mol. The first-order valence-corrected chi connectivity index (χ1v) is 8.88. The third-order valence-electron chi connectivity index (χ3n) is 4.42. The number of ether oxygens (including phenoxy) is 1. The van der Waals surface area contributed by atoms with Gasteiger partial charge in [0.25, 0.3) is 0 Å². The van der Waals surface area contributed by atoms with Gasteiger partial charge in [-0.2, -0.15) is 0 Å². The first-order chi connectivity index (χ1) is 11.9. The molecule has 2 aliphatic heterocycles. The number of likely N-dealkylation sites (tertiary alicyclic amines) is 1. The van der Waals surface area contributed by atoms with Crippen molar-refractivity contribution in [3.8, 4) is 0 Å². The van der Waals surface area contributed by atoms with E-state index >= 15 is 0 Å².